The SMILES string of the molecule is Cc1noc(C)c1S(=O)(=O)Nc1ccc(C2(C(=O)NC3CCCCC3)CC2)cc1. The Hall–Kier alpha value is -2.35. The standard InChI is InChI=1S/C21H27N3O4S/c1-14-19(15(2)28-23-14)29(26,27)24-18-10-8-16(9-11-18)21(12-13-21)20(25)22-17-6-4-3-5-7-17/h8-11,17,24H,3-7,12-13H2,1-2H3,(H,22,25). The van der Waals surface area contributed by atoms with Gasteiger partial charge in [0.05, 0.1) is 5.41 Å². The second kappa shape index (κ2) is 7.48. The maximum Gasteiger partial charge on any atom is 0.267 e. The van der Waals surface area contributed by atoms with E-state index in [0.717, 1.165) is 31.2 Å². The molecule has 2 aliphatic rings. The molecule has 2 N–H and O–H groups in total. The first kappa shape index (κ1) is 19.9. The molecule has 0 bridgehead atoms. The quantitative estimate of drug-likeness (QED) is 0.748. The summed E-state index contributed by atoms with van der Waals surface area (Å²) >= 11 is 0. The largest absolute Gasteiger partial charge is 0.360 e. The number of aryl methyl sites for hydroxylation is 2. The Kier molecular flexibility index (Phi) is 5.14. The fourth-order valence-electron chi connectivity index (χ4n) is 4.26. The first-order valence-electron chi connectivity index (χ1n) is 10.2. The Morgan fingerprint density at radius 1 is 1.10 bits per heavy atom. The smallest absolute Gasteiger partial charge is 0.267 e. The number of nitrogens with zero attached hydrogens (tertiary/aromatic N) is 1. The number of benzene rings is 1. The average Bonchev–Trinajstić information content (AvgIpc) is 3.42. The zero-order valence-corrected chi connectivity index (χ0v) is 17.6. The Labute approximate surface area is 171 Å². The van der Waals surface area contributed by atoms with Crippen LogP contribution in [0.4, 0.5) is 5.69 Å². The molecular weight excluding hydrogens is 390 g/mol. The molecule has 0 saturated heterocycles. The van der Waals surface area contributed by atoms with Crippen LogP contribution in [0, 0.1) is 13.8 Å². The Bertz CT molecular complexity index is 982. The highest BCUT2D eigenvalue weighted by atomic mass is 32.2. The zero-order chi connectivity index (χ0) is 20.6. The number of amides is 1. The van der Waals surface area contributed by atoms with Crippen LogP contribution in [-0.2, 0) is 20.2 Å². The predicted octanol–water partition coefficient (Wildman–Crippen LogP) is 3.57. The van der Waals surface area contributed by atoms with Gasteiger partial charge < -0.3 is 9.84 Å². The summed E-state index contributed by atoms with van der Waals surface area (Å²) in [6, 6.07) is 7.39. The van der Waals surface area contributed by atoms with Crippen LogP contribution in [0.1, 0.15) is 62.0 Å². The second-order valence-corrected chi connectivity index (χ2v) is 9.85. The van der Waals surface area contributed by atoms with E-state index in [9.17, 15) is 13.2 Å². The number of hydrogen-bond acceptors (Lipinski definition) is 5. The van der Waals surface area contributed by atoms with Gasteiger partial charge in [0.25, 0.3) is 10.0 Å². The molecule has 0 unspecified atom stereocenters. The van der Waals surface area contributed by atoms with E-state index in [2.05, 4.69) is 15.2 Å². The zero-order valence-electron chi connectivity index (χ0n) is 16.8. The van der Waals surface area contributed by atoms with Gasteiger partial charge in [-0.05, 0) is 57.2 Å². The molecule has 0 radical (unpaired) electrons. The number of carbonyl (C=O) groups excluding carboxylic acids is 1. The van der Waals surface area contributed by atoms with E-state index >= 15 is 0 Å². The Morgan fingerprint density at radius 2 is 1.76 bits per heavy atom. The molecular formula is C21H27N3O4S. The van der Waals surface area contributed by atoms with Gasteiger partial charge in [-0.2, -0.15) is 0 Å². The van der Waals surface area contributed by atoms with E-state index < -0.39 is 15.4 Å². The topological polar surface area (TPSA) is 101 Å². The third kappa shape index (κ3) is 3.90. The number of anilines is 1. The molecule has 0 spiro atoms. The van der Waals surface area contributed by atoms with Crippen molar-refractivity contribution in [2.24, 2.45) is 0 Å². The highest BCUT2D eigenvalue weighted by Crippen LogP contribution is 2.49. The summed E-state index contributed by atoms with van der Waals surface area (Å²) in [5, 5.41) is 6.94. The van der Waals surface area contributed by atoms with Gasteiger partial charge in [-0.15, -0.1) is 0 Å². The van der Waals surface area contributed by atoms with E-state index in [0.29, 0.717) is 11.4 Å². The summed E-state index contributed by atoms with van der Waals surface area (Å²) < 4.78 is 32.8. The van der Waals surface area contributed by atoms with Gasteiger partial charge in [0.15, 0.2) is 10.7 Å². The van der Waals surface area contributed by atoms with E-state index in [1.165, 1.54) is 19.3 Å². The third-order valence-corrected chi connectivity index (χ3v) is 7.68. The molecule has 156 valence electrons. The monoisotopic (exact) mass is 417 g/mol. The molecule has 0 atom stereocenters. The maximum absolute atomic E-state index is 12.9. The fourth-order valence-corrected chi connectivity index (χ4v) is 5.65. The number of sulfonamides is 1. The van der Waals surface area contributed by atoms with Gasteiger partial charge in [0.2, 0.25) is 5.91 Å². The predicted molar refractivity (Wildman–Crippen MR) is 109 cm³/mol. The maximum atomic E-state index is 12.9. The molecule has 1 amide bonds. The van der Waals surface area contributed by atoms with Gasteiger partial charge in [0, 0.05) is 11.7 Å². The Balaban J connectivity index is 1.47. The molecule has 8 heteroatoms. The minimum absolute atomic E-state index is 0.0621. The van der Waals surface area contributed by atoms with Gasteiger partial charge in [-0.25, -0.2) is 8.42 Å². The number of aromatic nitrogens is 1. The summed E-state index contributed by atoms with van der Waals surface area (Å²) in [7, 11) is -3.79. The van der Waals surface area contributed by atoms with Crippen molar-refractivity contribution in [3.63, 3.8) is 0 Å². The van der Waals surface area contributed by atoms with Crippen molar-refractivity contribution in [2.75, 3.05) is 4.72 Å². The summed E-state index contributed by atoms with van der Waals surface area (Å²) in [5.74, 6) is 0.358. The van der Waals surface area contributed by atoms with E-state index in [4.69, 9.17) is 4.52 Å². The van der Waals surface area contributed by atoms with Gasteiger partial charge >= 0.3 is 0 Å². The fraction of sp³-hybridized carbons (Fsp3) is 0.524. The third-order valence-electron chi connectivity index (χ3n) is 6.05. The van der Waals surface area contributed by atoms with Crippen molar-refractivity contribution in [2.45, 2.75) is 75.1 Å². The van der Waals surface area contributed by atoms with Crippen LogP contribution < -0.4 is 10.0 Å². The summed E-state index contributed by atoms with van der Waals surface area (Å²) in [6.45, 7) is 3.16. The van der Waals surface area contributed by atoms with Crippen molar-refractivity contribution >= 4 is 21.6 Å². The van der Waals surface area contributed by atoms with Crippen LogP contribution in [-0.4, -0.2) is 25.5 Å². The summed E-state index contributed by atoms with van der Waals surface area (Å²) in [5.41, 5.74) is 1.24. The van der Waals surface area contributed by atoms with E-state index in [1.807, 2.05) is 12.1 Å². The minimum atomic E-state index is -3.79. The molecule has 2 fully saturated rings. The lowest BCUT2D eigenvalue weighted by molar-refractivity contribution is -0.124. The molecule has 1 aromatic heterocycles. The van der Waals surface area contributed by atoms with Crippen molar-refractivity contribution < 1.29 is 17.7 Å². The lowest BCUT2D eigenvalue weighted by Gasteiger charge is -2.25. The summed E-state index contributed by atoms with van der Waals surface area (Å²) in [4.78, 5) is 13.0. The van der Waals surface area contributed by atoms with Crippen LogP contribution in [0.5, 0.6) is 0 Å². The van der Waals surface area contributed by atoms with Crippen LogP contribution in [0.25, 0.3) is 0 Å². The molecule has 2 saturated carbocycles. The summed E-state index contributed by atoms with van der Waals surface area (Å²) in [6.07, 6.45) is 7.39. The van der Waals surface area contributed by atoms with E-state index in [1.54, 1.807) is 26.0 Å². The minimum Gasteiger partial charge on any atom is -0.360 e. The number of carbonyl (C=O) groups is 1. The van der Waals surface area contributed by atoms with Crippen LogP contribution >= 0.6 is 0 Å². The van der Waals surface area contributed by atoms with Gasteiger partial charge in [-0.1, -0.05) is 36.6 Å². The molecule has 0 aliphatic heterocycles. The first-order chi connectivity index (χ1) is 13.8. The molecule has 2 aliphatic carbocycles. The van der Waals surface area contributed by atoms with Crippen molar-refractivity contribution in [1.29, 1.82) is 0 Å². The van der Waals surface area contributed by atoms with Crippen LogP contribution in [0.15, 0.2) is 33.7 Å². The van der Waals surface area contributed by atoms with Crippen molar-refractivity contribution in [3.8, 4) is 0 Å². The van der Waals surface area contributed by atoms with Crippen molar-refractivity contribution in [3.05, 3.63) is 41.3 Å². The Morgan fingerprint density at radius 3 is 2.31 bits per heavy atom. The molecule has 1 heterocycles. The van der Waals surface area contributed by atoms with Gasteiger partial charge in [0.1, 0.15) is 5.69 Å². The number of rotatable bonds is 6. The van der Waals surface area contributed by atoms with Crippen LogP contribution in [0.2, 0.25) is 0 Å². The molecule has 29 heavy (non-hydrogen) atoms. The number of hydrogen-bond donors (Lipinski definition) is 2. The second-order valence-electron chi connectivity index (χ2n) is 8.23. The first-order valence-corrected chi connectivity index (χ1v) is 11.7. The number of nitrogens with one attached hydrogen (secondary N) is 2. The van der Waals surface area contributed by atoms with Gasteiger partial charge in [-0.3, -0.25) is 9.52 Å². The molecule has 7 nitrogen and oxygen atoms in total. The van der Waals surface area contributed by atoms with Crippen LogP contribution in [0.3, 0.4) is 0 Å². The molecule has 4 rings (SSSR count). The lowest BCUT2D eigenvalue weighted by Crippen LogP contribution is -2.42. The lowest BCUT2D eigenvalue weighted by atomic mass is 9.91. The highest BCUT2D eigenvalue weighted by molar-refractivity contribution is 7.92. The van der Waals surface area contributed by atoms with Crippen molar-refractivity contribution in [1.82, 2.24) is 10.5 Å². The van der Waals surface area contributed by atoms with E-state index in [-0.39, 0.29) is 22.6 Å². The average molecular weight is 418 g/mol. The molecule has 1 aromatic carbocycles. The highest BCUT2D eigenvalue weighted by Gasteiger charge is 2.51. The molecule has 2 aromatic rings. The normalized spacial score (nSPS) is 19.0.